The fourth-order valence-corrected chi connectivity index (χ4v) is 3.67. The molecule has 178 valence electrons. The number of nitrogens with zero attached hydrogens (tertiary/aromatic N) is 2. The van der Waals surface area contributed by atoms with Gasteiger partial charge >= 0.3 is 0 Å². The van der Waals surface area contributed by atoms with Crippen molar-refractivity contribution in [2.75, 3.05) is 5.32 Å². The number of carbonyl (C=O) groups excluding carboxylic acids is 1. The van der Waals surface area contributed by atoms with E-state index < -0.39 is 23.5 Å². The summed E-state index contributed by atoms with van der Waals surface area (Å²) in [5.74, 6) is -2.97. The number of halogens is 3. The van der Waals surface area contributed by atoms with Crippen LogP contribution in [-0.4, -0.2) is 15.9 Å². The highest BCUT2D eigenvalue weighted by atomic mass is 19.2. The number of rotatable bonds is 6. The van der Waals surface area contributed by atoms with E-state index in [1.807, 2.05) is 25.1 Å². The van der Waals surface area contributed by atoms with Crippen LogP contribution >= 0.6 is 0 Å². The molecule has 0 saturated carbocycles. The van der Waals surface area contributed by atoms with Crippen LogP contribution in [0.3, 0.4) is 0 Å². The first-order valence-electron chi connectivity index (χ1n) is 10.9. The van der Waals surface area contributed by atoms with Crippen LogP contribution in [0.15, 0.2) is 60.8 Å². The number of hydrogen-bond acceptors (Lipinski definition) is 4. The molecular formula is C27H22F3N3O2. The molecule has 2 aromatic heterocycles. The SMILES string of the molecule is CCc1cccc(NC(=O)c2c(Oc3ccc(F)nc3C)ncc(-c3ccc(F)c(F)c3)c2C)c1. The van der Waals surface area contributed by atoms with Gasteiger partial charge in [-0.05, 0) is 73.4 Å². The van der Waals surface area contributed by atoms with Gasteiger partial charge in [-0.2, -0.15) is 4.39 Å². The Balaban J connectivity index is 1.81. The topological polar surface area (TPSA) is 64.1 Å². The average molecular weight is 477 g/mol. The molecule has 4 aromatic rings. The minimum Gasteiger partial charge on any atom is -0.436 e. The van der Waals surface area contributed by atoms with Crippen LogP contribution in [0.25, 0.3) is 11.1 Å². The van der Waals surface area contributed by atoms with Crippen LogP contribution in [0.1, 0.15) is 34.1 Å². The maximum absolute atomic E-state index is 13.9. The van der Waals surface area contributed by atoms with Gasteiger partial charge in [0.1, 0.15) is 5.56 Å². The van der Waals surface area contributed by atoms with E-state index in [-0.39, 0.29) is 22.9 Å². The molecule has 1 N–H and O–H groups in total. The van der Waals surface area contributed by atoms with Crippen molar-refractivity contribution in [2.24, 2.45) is 0 Å². The summed E-state index contributed by atoms with van der Waals surface area (Å²) in [6, 6.07) is 13.4. The lowest BCUT2D eigenvalue weighted by atomic mass is 9.98. The molecule has 0 aliphatic heterocycles. The van der Waals surface area contributed by atoms with E-state index in [1.54, 1.807) is 19.9 Å². The summed E-state index contributed by atoms with van der Waals surface area (Å²) >= 11 is 0. The summed E-state index contributed by atoms with van der Waals surface area (Å²) in [6.45, 7) is 5.24. The van der Waals surface area contributed by atoms with Gasteiger partial charge in [-0.1, -0.05) is 25.1 Å². The van der Waals surface area contributed by atoms with Crippen molar-refractivity contribution in [3.8, 4) is 22.8 Å². The Labute approximate surface area is 200 Å². The fourth-order valence-electron chi connectivity index (χ4n) is 3.67. The first-order valence-corrected chi connectivity index (χ1v) is 10.9. The van der Waals surface area contributed by atoms with Crippen LogP contribution in [0, 0.1) is 31.4 Å². The Bertz CT molecular complexity index is 1420. The Hall–Kier alpha value is -4.20. The van der Waals surface area contributed by atoms with Gasteiger partial charge in [-0.15, -0.1) is 0 Å². The second-order valence-electron chi connectivity index (χ2n) is 7.93. The normalized spacial score (nSPS) is 10.8. The lowest BCUT2D eigenvalue weighted by molar-refractivity contribution is 0.102. The zero-order chi connectivity index (χ0) is 25.1. The number of anilines is 1. The number of ether oxygens (including phenoxy) is 1. The summed E-state index contributed by atoms with van der Waals surface area (Å²) in [7, 11) is 0. The quantitative estimate of drug-likeness (QED) is 0.311. The molecule has 2 aromatic carbocycles. The molecule has 2 heterocycles. The Morgan fingerprint density at radius 3 is 2.51 bits per heavy atom. The van der Waals surface area contributed by atoms with Crippen LogP contribution in [0.4, 0.5) is 18.9 Å². The third-order valence-corrected chi connectivity index (χ3v) is 5.56. The average Bonchev–Trinajstić information content (AvgIpc) is 2.83. The molecule has 0 fully saturated rings. The van der Waals surface area contributed by atoms with Crippen molar-refractivity contribution in [1.82, 2.24) is 9.97 Å². The standard InChI is InChI=1S/C27H22F3N3O2/c1-4-17-6-5-7-19(12-17)33-26(34)25-15(2)20(18-8-9-21(28)22(29)13-18)14-31-27(25)35-23-10-11-24(30)32-16(23)3/h5-14H,4H2,1-3H3,(H,33,34). The molecule has 0 bridgehead atoms. The van der Waals surface area contributed by atoms with Crippen molar-refractivity contribution in [3.63, 3.8) is 0 Å². The van der Waals surface area contributed by atoms with E-state index in [1.165, 1.54) is 18.3 Å². The van der Waals surface area contributed by atoms with Crippen LogP contribution in [-0.2, 0) is 6.42 Å². The van der Waals surface area contributed by atoms with Gasteiger partial charge in [0, 0.05) is 17.4 Å². The predicted molar refractivity (Wildman–Crippen MR) is 127 cm³/mol. The fraction of sp³-hybridized carbons (Fsp3) is 0.148. The van der Waals surface area contributed by atoms with Gasteiger partial charge < -0.3 is 10.1 Å². The van der Waals surface area contributed by atoms with Gasteiger partial charge in [0.25, 0.3) is 5.91 Å². The molecule has 35 heavy (non-hydrogen) atoms. The van der Waals surface area contributed by atoms with Gasteiger partial charge in [0.2, 0.25) is 11.8 Å². The highest BCUT2D eigenvalue weighted by molar-refractivity contribution is 6.08. The summed E-state index contributed by atoms with van der Waals surface area (Å²) in [6.07, 6.45) is 2.21. The molecule has 0 unspecified atom stereocenters. The summed E-state index contributed by atoms with van der Waals surface area (Å²) in [4.78, 5) is 21.5. The second-order valence-corrected chi connectivity index (χ2v) is 7.93. The Morgan fingerprint density at radius 2 is 1.80 bits per heavy atom. The Morgan fingerprint density at radius 1 is 1.00 bits per heavy atom. The number of nitrogens with one attached hydrogen (secondary N) is 1. The molecule has 0 aliphatic rings. The summed E-state index contributed by atoms with van der Waals surface area (Å²) in [5, 5.41) is 2.85. The molecule has 0 radical (unpaired) electrons. The van der Waals surface area contributed by atoms with Crippen molar-refractivity contribution >= 4 is 11.6 Å². The first kappa shape index (κ1) is 23.9. The monoisotopic (exact) mass is 477 g/mol. The number of aryl methyl sites for hydroxylation is 2. The van der Waals surface area contributed by atoms with E-state index in [2.05, 4.69) is 15.3 Å². The van der Waals surface area contributed by atoms with E-state index in [0.717, 1.165) is 30.2 Å². The minimum atomic E-state index is -1.02. The maximum atomic E-state index is 13.9. The van der Waals surface area contributed by atoms with Crippen LogP contribution < -0.4 is 10.1 Å². The zero-order valence-corrected chi connectivity index (χ0v) is 19.3. The number of carbonyl (C=O) groups is 1. The highest BCUT2D eigenvalue weighted by Crippen LogP contribution is 2.34. The second kappa shape index (κ2) is 9.97. The van der Waals surface area contributed by atoms with Crippen molar-refractivity contribution < 1.29 is 22.7 Å². The number of hydrogen-bond donors (Lipinski definition) is 1. The molecule has 0 spiro atoms. The number of aromatic nitrogens is 2. The smallest absolute Gasteiger partial charge is 0.261 e. The van der Waals surface area contributed by atoms with E-state index in [0.29, 0.717) is 22.4 Å². The lowest BCUT2D eigenvalue weighted by Gasteiger charge is -2.17. The highest BCUT2D eigenvalue weighted by Gasteiger charge is 2.23. The van der Waals surface area contributed by atoms with Crippen LogP contribution in [0.5, 0.6) is 11.6 Å². The molecule has 0 saturated heterocycles. The van der Waals surface area contributed by atoms with E-state index >= 15 is 0 Å². The third-order valence-electron chi connectivity index (χ3n) is 5.56. The lowest BCUT2D eigenvalue weighted by Crippen LogP contribution is -2.16. The molecular weight excluding hydrogens is 455 g/mol. The molecule has 4 rings (SSSR count). The van der Waals surface area contributed by atoms with Crippen LogP contribution in [0.2, 0.25) is 0 Å². The molecule has 0 atom stereocenters. The molecule has 1 amide bonds. The van der Waals surface area contributed by atoms with Crippen molar-refractivity contribution in [3.05, 3.63) is 101 Å². The molecule has 8 heteroatoms. The maximum Gasteiger partial charge on any atom is 0.261 e. The predicted octanol–water partition coefficient (Wildman–Crippen LogP) is 6.78. The zero-order valence-electron chi connectivity index (χ0n) is 19.3. The third kappa shape index (κ3) is 5.16. The number of amides is 1. The first-order chi connectivity index (χ1) is 16.8. The number of pyridine rings is 2. The van der Waals surface area contributed by atoms with E-state index in [4.69, 9.17) is 4.74 Å². The number of benzene rings is 2. The summed E-state index contributed by atoms with van der Waals surface area (Å²) < 4.78 is 46.8. The molecule has 5 nitrogen and oxygen atoms in total. The van der Waals surface area contributed by atoms with Gasteiger partial charge in [-0.3, -0.25) is 4.79 Å². The largest absolute Gasteiger partial charge is 0.436 e. The van der Waals surface area contributed by atoms with Gasteiger partial charge in [0.05, 0.1) is 5.69 Å². The summed E-state index contributed by atoms with van der Waals surface area (Å²) in [5.41, 5.74) is 3.21. The van der Waals surface area contributed by atoms with Gasteiger partial charge in [-0.25, -0.2) is 18.7 Å². The minimum absolute atomic E-state index is 0.0329. The van der Waals surface area contributed by atoms with Gasteiger partial charge in [0.15, 0.2) is 17.4 Å². The van der Waals surface area contributed by atoms with Crippen molar-refractivity contribution in [2.45, 2.75) is 27.2 Å². The van der Waals surface area contributed by atoms with Crippen molar-refractivity contribution in [1.29, 1.82) is 0 Å². The Kier molecular flexibility index (Phi) is 6.82. The van der Waals surface area contributed by atoms with E-state index in [9.17, 15) is 18.0 Å². The molecule has 0 aliphatic carbocycles.